The minimum absolute atomic E-state index is 0.196. The van der Waals surface area contributed by atoms with Crippen LogP contribution in [0.1, 0.15) is 12.5 Å². The monoisotopic (exact) mass is 210 g/mol. The van der Waals surface area contributed by atoms with Crippen LogP contribution >= 0.6 is 0 Å². The van der Waals surface area contributed by atoms with Gasteiger partial charge < -0.3 is 10.6 Å². The molecule has 0 spiro atoms. The molecular formula is C11H15FN2O. The van der Waals surface area contributed by atoms with Gasteiger partial charge in [-0.15, -0.1) is 0 Å². The topological polar surface area (TPSA) is 46.3 Å². The SMILES string of the molecule is C[C@H](N)C(=O)N(C)Cc1ccccc1F. The molecule has 3 nitrogen and oxygen atoms in total. The Kier molecular flexibility index (Phi) is 3.80. The Morgan fingerprint density at radius 2 is 2.13 bits per heavy atom. The predicted molar refractivity (Wildman–Crippen MR) is 56.5 cm³/mol. The van der Waals surface area contributed by atoms with Crippen molar-refractivity contribution in [3.05, 3.63) is 35.6 Å². The van der Waals surface area contributed by atoms with Gasteiger partial charge in [0.15, 0.2) is 0 Å². The van der Waals surface area contributed by atoms with Crippen molar-refractivity contribution in [2.24, 2.45) is 5.73 Å². The highest BCUT2D eigenvalue weighted by molar-refractivity contribution is 5.80. The van der Waals surface area contributed by atoms with E-state index >= 15 is 0 Å². The third-order valence-electron chi connectivity index (χ3n) is 2.13. The summed E-state index contributed by atoms with van der Waals surface area (Å²) in [6.45, 7) is 1.85. The van der Waals surface area contributed by atoms with Gasteiger partial charge in [0.2, 0.25) is 5.91 Å². The van der Waals surface area contributed by atoms with E-state index in [9.17, 15) is 9.18 Å². The summed E-state index contributed by atoms with van der Waals surface area (Å²) in [7, 11) is 1.61. The van der Waals surface area contributed by atoms with Crippen LogP contribution in [0.5, 0.6) is 0 Å². The van der Waals surface area contributed by atoms with Crippen LogP contribution in [0.15, 0.2) is 24.3 Å². The lowest BCUT2D eigenvalue weighted by Crippen LogP contribution is -2.39. The quantitative estimate of drug-likeness (QED) is 0.813. The highest BCUT2D eigenvalue weighted by atomic mass is 19.1. The van der Waals surface area contributed by atoms with Gasteiger partial charge >= 0.3 is 0 Å². The molecule has 0 saturated carbocycles. The van der Waals surface area contributed by atoms with Crippen molar-refractivity contribution in [2.45, 2.75) is 19.5 Å². The fourth-order valence-electron chi connectivity index (χ4n) is 1.31. The zero-order valence-corrected chi connectivity index (χ0v) is 8.90. The van der Waals surface area contributed by atoms with Gasteiger partial charge in [0.1, 0.15) is 5.82 Å². The molecule has 0 aliphatic carbocycles. The number of amides is 1. The Labute approximate surface area is 88.7 Å². The molecule has 0 bridgehead atoms. The first-order valence-electron chi connectivity index (χ1n) is 4.76. The van der Waals surface area contributed by atoms with Gasteiger partial charge in [0.05, 0.1) is 6.04 Å². The second-order valence-electron chi connectivity index (χ2n) is 3.57. The van der Waals surface area contributed by atoms with E-state index in [1.54, 1.807) is 32.2 Å². The molecule has 0 radical (unpaired) electrons. The number of rotatable bonds is 3. The maximum atomic E-state index is 13.2. The number of benzene rings is 1. The van der Waals surface area contributed by atoms with Crippen LogP contribution in [0, 0.1) is 5.82 Å². The van der Waals surface area contributed by atoms with Crippen molar-refractivity contribution in [1.29, 1.82) is 0 Å². The van der Waals surface area contributed by atoms with Crippen LogP contribution in [0.4, 0.5) is 4.39 Å². The summed E-state index contributed by atoms with van der Waals surface area (Å²) in [5, 5.41) is 0. The fraction of sp³-hybridized carbons (Fsp3) is 0.364. The van der Waals surface area contributed by atoms with Gasteiger partial charge in [-0.1, -0.05) is 18.2 Å². The van der Waals surface area contributed by atoms with E-state index < -0.39 is 6.04 Å². The lowest BCUT2D eigenvalue weighted by Gasteiger charge is -2.19. The Hall–Kier alpha value is -1.42. The molecule has 1 aromatic carbocycles. The van der Waals surface area contributed by atoms with Gasteiger partial charge in [0, 0.05) is 19.2 Å². The number of hydrogen-bond donors (Lipinski definition) is 1. The van der Waals surface area contributed by atoms with Gasteiger partial charge in [-0.05, 0) is 13.0 Å². The molecule has 82 valence electrons. The molecule has 0 saturated heterocycles. The number of nitrogens with zero attached hydrogens (tertiary/aromatic N) is 1. The Balaban J connectivity index is 2.71. The third kappa shape index (κ3) is 3.02. The summed E-state index contributed by atoms with van der Waals surface area (Å²) < 4.78 is 13.2. The van der Waals surface area contributed by atoms with Crippen LogP contribution < -0.4 is 5.73 Å². The summed E-state index contributed by atoms with van der Waals surface area (Å²) in [6.07, 6.45) is 0. The van der Waals surface area contributed by atoms with E-state index in [-0.39, 0.29) is 18.3 Å². The van der Waals surface area contributed by atoms with Crippen LogP contribution in [0.25, 0.3) is 0 Å². The maximum absolute atomic E-state index is 13.2. The van der Waals surface area contributed by atoms with Gasteiger partial charge in [-0.3, -0.25) is 4.79 Å². The van der Waals surface area contributed by atoms with Crippen molar-refractivity contribution in [2.75, 3.05) is 7.05 Å². The first-order valence-corrected chi connectivity index (χ1v) is 4.76. The van der Waals surface area contributed by atoms with Crippen molar-refractivity contribution in [3.63, 3.8) is 0 Å². The molecule has 0 aromatic heterocycles. The van der Waals surface area contributed by atoms with E-state index in [0.717, 1.165) is 0 Å². The van der Waals surface area contributed by atoms with Crippen LogP contribution in [-0.4, -0.2) is 23.9 Å². The maximum Gasteiger partial charge on any atom is 0.239 e. The number of nitrogens with two attached hydrogens (primary N) is 1. The van der Waals surface area contributed by atoms with E-state index in [1.807, 2.05) is 0 Å². The Morgan fingerprint density at radius 1 is 1.53 bits per heavy atom. The van der Waals surface area contributed by atoms with Crippen LogP contribution in [0.3, 0.4) is 0 Å². The number of carbonyl (C=O) groups excluding carboxylic acids is 1. The Bertz CT molecular complexity index is 352. The van der Waals surface area contributed by atoms with Crippen molar-refractivity contribution < 1.29 is 9.18 Å². The van der Waals surface area contributed by atoms with E-state index in [4.69, 9.17) is 5.73 Å². The van der Waals surface area contributed by atoms with Gasteiger partial charge in [-0.25, -0.2) is 4.39 Å². The molecule has 1 amide bonds. The zero-order valence-electron chi connectivity index (χ0n) is 8.90. The first-order chi connectivity index (χ1) is 7.02. The van der Waals surface area contributed by atoms with Crippen molar-refractivity contribution in [3.8, 4) is 0 Å². The average molecular weight is 210 g/mol. The van der Waals surface area contributed by atoms with Gasteiger partial charge in [0.25, 0.3) is 0 Å². The molecule has 2 N–H and O–H groups in total. The molecule has 0 unspecified atom stereocenters. The van der Waals surface area contributed by atoms with E-state index in [0.29, 0.717) is 5.56 Å². The molecule has 15 heavy (non-hydrogen) atoms. The highest BCUT2D eigenvalue weighted by Crippen LogP contribution is 2.09. The number of halogens is 1. The van der Waals surface area contributed by atoms with Crippen molar-refractivity contribution in [1.82, 2.24) is 4.90 Å². The fourth-order valence-corrected chi connectivity index (χ4v) is 1.31. The van der Waals surface area contributed by atoms with Crippen LogP contribution in [0.2, 0.25) is 0 Å². The zero-order chi connectivity index (χ0) is 11.4. The second-order valence-corrected chi connectivity index (χ2v) is 3.57. The summed E-state index contributed by atoms with van der Waals surface area (Å²) in [6, 6.07) is 5.83. The number of likely N-dealkylation sites (N-methyl/N-ethyl adjacent to an activating group) is 1. The molecule has 0 heterocycles. The van der Waals surface area contributed by atoms with E-state index in [1.165, 1.54) is 11.0 Å². The third-order valence-corrected chi connectivity index (χ3v) is 2.13. The lowest BCUT2D eigenvalue weighted by atomic mass is 10.2. The smallest absolute Gasteiger partial charge is 0.239 e. The first kappa shape index (κ1) is 11.7. The van der Waals surface area contributed by atoms with Crippen molar-refractivity contribution >= 4 is 5.91 Å². The minimum Gasteiger partial charge on any atom is -0.340 e. The van der Waals surface area contributed by atoms with Gasteiger partial charge in [-0.2, -0.15) is 0 Å². The molecular weight excluding hydrogens is 195 g/mol. The molecule has 4 heteroatoms. The lowest BCUT2D eigenvalue weighted by molar-refractivity contribution is -0.131. The molecule has 0 aliphatic heterocycles. The summed E-state index contributed by atoms with van der Waals surface area (Å²) >= 11 is 0. The molecule has 1 rings (SSSR count). The minimum atomic E-state index is -0.554. The predicted octanol–water partition coefficient (Wildman–Crippen LogP) is 1.13. The standard InChI is InChI=1S/C11H15FN2O/c1-8(13)11(15)14(2)7-9-5-3-4-6-10(9)12/h3-6,8H,7,13H2,1-2H3/t8-/m0/s1. The Morgan fingerprint density at radius 3 is 2.67 bits per heavy atom. The summed E-state index contributed by atoms with van der Waals surface area (Å²) in [5.74, 6) is -0.500. The molecule has 1 atom stereocenters. The van der Waals surface area contributed by atoms with Crippen LogP contribution in [-0.2, 0) is 11.3 Å². The summed E-state index contributed by atoms with van der Waals surface area (Å²) in [5.41, 5.74) is 5.94. The average Bonchev–Trinajstić information content (AvgIpc) is 2.20. The largest absolute Gasteiger partial charge is 0.340 e. The highest BCUT2D eigenvalue weighted by Gasteiger charge is 2.14. The second kappa shape index (κ2) is 4.89. The molecule has 0 aliphatic rings. The number of carbonyl (C=O) groups is 1. The summed E-state index contributed by atoms with van der Waals surface area (Å²) in [4.78, 5) is 12.9. The normalized spacial score (nSPS) is 12.3. The molecule has 0 fully saturated rings. The van der Waals surface area contributed by atoms with E-state index in [2.05, 4.69) is 0 Å². The molecule has 1 aromatic rings. The number of hydrogen-bond acceptors (Lipinski definition) is 2.